The van der Waals surface area contributed by atoms with E-state index in [0.29, 0.717) is 5.75 Å². The molecule has 0 saturated carbocycles. The van der Waals surface area contributed by atoms with Gasteiger partial charge in [0.2, 0.25) is 0 Å². The Morgan fingerprint density at radius 3 is 2.53 bits per heavy atom. The number of carbonyl (C=O) groups excluding carboxylic acids is 1. The Bertz CT molecular complexity index is 1200. The topological polar surface area (TPSA) is 60.2 Å². The van der Waals surface area contributed by atoms with Crippen LogP contribution in [0.4, 0.5) is 5.69 Å². The molecule has 0 fully saturated rings. The van der Waals surface area contributed by atoms with E-state index in [9.17, 15) is 4.79 Å². The summed E-state index contributed by atoms with van der Waals surface area (Å²) in [5.74, 6) is 2.01. The zero-order valence-electron chi connectivity index (χ0n) is 20.5. The summed E-state index contributed by atoms with van der Waals surface area (Å²) in [5, 5.41) is 9.66. The molecule has 6 nitrogen and oxygen atoms in total. The molecule has 178 valence electrons. The third-order valence-corrected chi connectivity index (χ3v) is 7.37. The number of fused-ring (bicyclic) bond motifs is 1. The van der Waals surface area contributed by atoms with Crippen molar-refractivity contribution in [3.63, 3.8) is 0 Å². The molecule has 3 aromatic rings. The third-order valence-electron chi connectivity index (χ3n) is 6.38. The summed E-state index contributed by atoms with van der Waals surface area (Å²) in [7, 11) is 3.69. The number of anilines is 1. The number of aromatic nitrogens is 3. The second kappa shape index (κ2) is 10.1. The number of hydrogen-bond donors (Lipinski definition) is 0. The van der Waals surface area contributed by atoms with Crippen molar-refractivity contribution in [3.8, 4) is 17.1 Å². The van der Waals surface area contributed by atoms with Crippen LogP contribution in [0.25, 0.3) is 11.4 Å². The van der Waals surface area contributed by atoms with Crippen LogP contribution in [0.2, 0.25) is 0 Å². The van der Waals surface area contributed by atoms with Gasteiger partial charge >= 0.3 is 0 Å². The molecule has 0 spiro atoms. The minimum atomic E-state index is -0.214. The van der Waals surface area contributed by atoms with Crippen LogP contribution in [-0.4, -0.2) is 40.5 Å². The highest BCUT2D eigenvalue weighted by molar-refractivity contribution is 7.99. The summed E-state index contributed by atoms with van der Waals surface area (Å²) in [6.45, 7) is 7.32. The van der Waals surface area contributed by atoms with Gasteiger partial charge in [-0.1, -0.05) is 57.2 Å². The fourth-order valence-corrected chi connectivity index (χ4v) is 5.24. The number of methoxy groups -OCH3 is 1. The molecule has 1 aromatic heterocycles. The van der Waals surface area contributed by atoms with Crippen molar-refractivity contribution in [2.75, 3.05) is 24.8 Å². The van der Waals surface area contributed by atoms with Crippen LogP contribution >= 0.6 is 11.8 Å². The molecule has 0 unspecified atom stereocenters. The predicted octanol–water partition coefficient (Wildman–Crippen LogP) is 5.73. The van der Waals surface area contributed by atoms with Crippen LogP contribution in [0, 0.1) is 0 Å². The molecule has 7 heteroatoms. The third kappa shape index (κ3) is 4.62. The van der Waals surface area contributed by atoms with E-state index in [4.69, 9.17) is 4.74 Å². The van der Waals surface area contributed by atoms with Gasteiger partial charge in [0.25, 0.3) is 0 Å². The molecule has 2 aromatic carbocycles. The Labute approximate surface area is 206 Å². The van der Waals surface area contributed by atoms with Gasteiger partial charge in [0, 0.05) is 42.0 Å². The number of benzene rings is 2. The number of rotatable bonds is 9. The summed E-state index contributed by atoms with van der Waals surface area (Å²) >= 11 is 1.45. The SMILES string of the molecule is CCCCn1c(SCC(=O)/C=C2\N(C)c3ccccc3C2(C)C)nnc1-c1ccc(OC)cc1. The number of unbranched alkanes of at least 4 members (excludes halogenated alkanes) is 1. The van der Waals surface area contributed by atoms with Crippen LogP contribution in [0.1, 0.15) is 39.2 Å². The second-order valence-electron chi connectivity index (χ2n) is 9.03. The van der Waals surface area contributed by atoms with Crippen LogP contribution < -0.4 is 9.64 Å². The zero-order chi connectivity index (χ0) is 24.3. The number of thioether (sulfide) groups is 1. The zero-order valence-corrected chi connectivity index (χ0v) is 21.4. The van der Waals surface area contributed by atoms with E-state index in [1.165, 1.54) is 17.3 Å². The Kier molecular flexibility index (Phi) is 7.12. The van der Waals surface area contributed by atoms with Gasteiger partial charge < -0.3 is 14.2 Å². The van der Waals surface area contributed by atoms with Crippen LogP contribution in [-0.2, 0) is 16.8 Å². The fourth-order valence-electron chi connectivity index (χ4n) is 4.46. The molecule has 0 atom stereocenters. The maximum absolute atomic E-state index is 13.0. The first-order chi connectivity index (χ1) is 16.4. The molecule has 4 rings (SSSR count). The second-order valence-corrected chi connectivity index (χ2v) is 9.97. The van der Waals surface area contributed by atoms with E-state index < -0.39 is 0 Å². The molecule has 34 heavy (non-hydrogen) atoms. The molecule has 0 amide bonds. The summed E-state index contributed by atoms with van der Waals surface area (Å²) in [4.78, 5) is 15.2. The van der Waals surface area contributed by atoms with Crippen LogP contribution in [0.15, 0.2) is 65.5 Å². The first kappa shape index (κ1) is 24.1. The van der Waals surface area contributed by atoms with Crippen molar-refractivity contribution in [1.29, 1.82) is 0 Å². The predicted molar refractivity (Wildman–Crippen MR) is 139 cm³/mol. The van der Waals surface area contributed by atoms with Crippen LogP contribution in [0.5, 0.6) is 5.75 Å². The van der Waals surface area contributed by atoms with E-state index >= 15 is 0 Å². The molecule has 0 saturated heterocycles. The van der Waals surface area contributed by atoms with Gasteiger partial charge in [-0.2, -0.15) is 0 Å². The molecule has 1 aliphatic heterocycles. The van der Waals surface area contributed by atoms with Crippen molar-refractivity contribution < 1.29 is 9.53 Å². The molecular formula is C27H32N4O2S. The minimum Gasteiger partial charge on any atom is -0.497 e. The number of para-hydroxylation sites is 1. The Morgan fingerprint density at radius 1 is 1.12 bits per heavy atom. The number of allylic oxidation sites excluding steroid dienone is 2. The Morgan fingerprint density at radius 2 is 1.85 bits per heavy atom. The van der Waals surface area contributed by atoms with Gasteiger partial charge in [0.15, 0.2) is 16.8 Å². The van der Waals surface area contributed by atoms with Crippen molar-refractivity contribution in [2.45, 2.75) is 50.7 Å². The summed E-state index contributed by atoms with van der Waals surface area (Å²) in [6, 6.07) is 16.2. The monoisotopic (exact) mass is 476 g/mol. The van der Waals surface area contributed by atoms with Gasteiger partial charge in [0.05, 0.1) is 12.9 Å². The highest BCUT2D eigenvalue weighted by Crippen LogP contribution is 2.46. The fraction of sp³-hybridized carbons (Fsp3) is 0.370. The van der Waals surface area contributed by atoms with Crippen molar-refractivity contribution in [3.05, 3.63) is 65.9 Å². The quantitative estimate of drug-likeness (QED) is 0.290. The van der Waals surface area contributed by atoms with Crippen molar-refractivity contribution in [2.24, 2.45) is 0 Å². The van der Waals surface area contributed by atoms with Crippen LogP contribution in [0.3, 0.4) is 0 Å². The van der Waals surface area contributed by atoms with Gasteiger partial charge in [0.1, 0.15) is 5.75 Å². The summed E-state index contributed by atoms with van der Waals surface area (Å²) < 4.78 is 7.40. The maximum atomic E-state index is 13.0. The Balaban J connectivity index is 1.53. The average Bonchev–Trinajstić information content (AvgIpc) is 3.34. The number of nitrogens with zero attached hydrogens (tertiary/aromatic N) is 4. The lowest BCUT2D eigenvalue weighted by Gasteiger charge is -2.23. The molecule has 0 radical (unpaired) electrons. The lowest BCUT2D eigenvalue weighted by Crippen LogP contribution is -2.24. The molecule has 2 heterocycles. The molecule has 0 N–H and O–H groups in total. The van der Waals surface area contributed by atoms with Gasteiger partial charge in [-0.05, 0) is 42.3 Å². The van der Waals surface area contributed by atoms with E-state index in [1.54, 1.807) is 13.2 Å². The highest BCUT2D eigenvalue weighted by atomic mass is 32.2. The van der Waals surface area contributed by atoms with E-state index in [2.05, 4.69) is 58.6 Å². The van der Waals surface area contributed by atoms with Crippen molar-refractivity contribution in [1.82, 2.24) is 14.8 Å². The number of carbonyl (C=O) groups is 1. The average molecular weight is 477 g/mol. The highest BCUT2D eigenvalue weighted by Gasteiger charge is 2.38. The molecule has 0 aliphatic carbocycles. The molecular weight excluding hydrogens is 444 g/mol. The van der Waals surface area contributed by atoms with E-state index in [-0.39, 0.29) is 11.2 Å². The number of likely N-dealkylation sites (N-methyl/N-ethyl adjacent to an activating group) is 1. The van der Waals surface area contributed by atoms with Gasteiger partial charge in [-0.3, -0.25) is 4.79 Å². The molecule has 0 bridgehead atoms. The smallest absolute Gasteiger partial charge is 0.191 e. The summed E-state index contributed by atoms with van der Waals surface area (Å²) in [6.07, 6.45) is 3.88. The van der Waals surface area contributed by atoms with Gasteiger partial charge in [-0.15, -0.1) is 10.2 Å². The first-order valence-electron chi connectivity index (χ1n) is 11.7. The van der Waals surface area contributed by atoms with Gasteiger partial charge in [-0.25, -0.2) is 0 Å². The maximum Gasteiger partial charge on any atom is 0.191 e. The van der Waals surface area contributed by atoms with E-state index in [1.807, 2.05) is 37.4 Å². The Hall–Kier alpha value is -3.06. The molecule has 1 aliphatic rings. The normalized spacial score (nSPS) is 15.6. The first-order valence-corrected chi connectivity index (χ1v) is 12.6. The standard InChI is InChI=1S/C27H32N4O2S/c1-6-7-16-31-25(19-12-14-21(33-5)15-13-19)28-29-26(31)34-18-20(32)17-24-27(2,3)22-10-8-9-11-23(22)30(24)4/h8-15,17H,6-7,16,18H2,1-5H3/b24-17-. The number of ketones is 1. The number of hydrogen-bond acceptors (Lipinski definition) is 6. The largest absolute Gasteiger partial charge is 0.497 e. The van der Waals surface area contributed by atoms with Crippen molar-refractivity contribution >= 4 is 23.2 Å². The summed E-state index contributed by atoms with van der Waals surface area (Å²) in [5.41, 5.74) is 4.19. The minimum absolute atomic E-state index is 0.0729. The lowest BCUT2D eigenvalue weighted by atomic mass is 9.83. The number of ether oxygens (including phenoxy) is 1. The lowest BCUT2D eigenvalue weighted by molar-refractivity contribution is -0.112. The van der Waals surface area contributed by atoms with E-state index in [0.717, 1.165) is 53.1 Å².